The zero-order valence-electron chi connectivity index (χ0n) is 11.8. The molecule has 4 heteroatoms. The number of carbonyl (C=O) groups is 1. The SMILES string of the molecule is Cc1ccc2c(c1)CCCN2c1ccc(C(=O)O)c(Cl)c1. The molecule has 1 heterocycles. The maximum atomic E-state index is 11.0. The second-order valence-corrected chi connectivity index (χ2v) is 5.76. The Morgan fingerprint density at radius 1 is 1.24 bits per heavy atom. The average molecular weight is 302 g/mol. The van der Waals surface area contributed by atoms with Crippen LogP contribution in [0, 0.1) is 6.92 Å². The third kappa shape index (κ3) is 2.61. The molecule has 21 heavy (non-hydrogen) atoms. The average Bonchev–Trinajstić information content (AvgIpc) is 2.45. The Hall–Kier alpha value is -2.00. The smallest absolute Gasteiger partial charge is 0.337 e. The summed E-state index contributed by atoms with van der Waals surface area (Å²) in [7, 11) is 0. The lowest BCUT2D eigenvalue weighted by atomic mass is 9.99. The Kier molecular flexibility index (Phi) is 3.60. The van der Waals surface area contributed by atoms with Crippen molar-refractivity contribution in [3.05, 3.63) is 58.1 Å². The Labute approximate surface area is 128 Å². The van der Waals surface area contributed by atoms with Gasteiger partial charge in [0.05, 0.1) is 10.6 Å². The molecule has 3 rings (SSSR count). The van der Waals surface area contributed by atoms with E-state index in [4.69, 9.17) is 16.7 Å². The summed E-state index contributed by atoms with van der Waals surface area (Å²) >= 11 is 6.09. The number of hydrogen-bond acceptors (Lipinski definition) is 2. The zero-order valence-corrected chi connectivity index (χ0v) is 12.5. The molecule has 0 atom stereocenters. The molecular weight excluding hydrogens is 286 g/mol. The molecular formula is C17H16ClNO2. The summed E-state index contributed by atoms with van der Waals surface area (Å²) in [6, 6.07) is 11.6. The van der Waals surface area contributed by atoms with Crippen LogP contribution in [0.5, 0.6) is 0 Å². The molecule has 0 bridgehead atoms. The van der Waals surface area contributed by atoms with Crippen molar-refractivity contribution < 1.29 is 9.90 Å². The van der Waals surface area contributed by atoms with Crippen LogP contribution >= 0.6 is 11.6 Å². The summed E-state index contributed by atoms with van der Waals surface area (Å²) in [5.74, 6) is -0.999. The molecule has 0 radical (unpaired) electrons. The van der Waals surface area contributed by atoms with Gasteiger partial charge in [-0.05, 0) is 49.6 Å². The zero-order chi connectivity index (χ0) is 15.0. The first-order valence-electron chi connectivity index (χ1n) is 6.96. The highest BCUT2D eigenvalue weighted by Gasteiger charge is 2.19. The Balaban J connectivity index is 2.03. The summed E-state index contributed by atoms with van der Waals surface area (Å²) in [5.41, 5.74) is 4.86. The highest BCUT2D eigenvalue weighted by molar-refractivity contribution is 6.33. The second kappa shape index (κ2) is 5.41. The number of carboxylic acid groups (broad SMARTS) is 1. The molecule has 0 aliphatic carbocycles. The number of hydrogen-bond donors (Lipinski definition) is 1. The number of anilines is 2. The van der Waals surface area contributed by atoms with E-state index in [9.17, 15) is 4.79 Å². The van der Waals surface area contributed by atoms with Crippen molar-refractivity contribution >= 4 is 28.9 Å². The molecule has 0 spiro atoms. The van der Waals surface area contributed by atoms with Gasteiger partial charge in [0.1, 0.15) is 0 Å². The Morgan fingerprint density at radius 2 is 2.05 bits per heavy atom. The summed E-state index contributed by atoms with van der Waals surface area (Å²) in [6.45, 7) is 3.01. The van der Waals surface area contributed by atoms with Crippen molar-refractivity contribution in [3.8, 4) is 0 Å². The third-order valence-corrected chi connectivity index (χ3v) is 4.16. The molecule has 108 valence electrons. The van der Waals surface area contributed by atoms with Gasteiger partial charge in [-0.3, -0.25) is 0 Å². The molecule has 0 amide bonds. The van der Waals surface area contributed by atoms with E-state index in [0.29, 0.717) is 0 Å². The first-order valence-corrected chi connectivity index (χ1v) is 7.34. The summed E-state index contributed by atoms with van der Waals surface area (Å²) in [5, 5.41) is 9.33. The van der Waals surface area contributed by atoms with E-state index in [1.54, 1.807) is 12.1 Å². The molecule has 0 saturated carbocycles. The van der Waals surface area contributed by atoms with Crippen LogP contribution in [0.1, 0.15) is 27.9 Å². The van der Waals surface area contributed by atoms with Crippen molar-refractivity contribution in [2.75, 3.05) is 11.4 Å². The lowest BCUT2D eigenvalue weighted by Gasteiger charge is -2.32. The number of fused-ring (bicyclic) bond motifs is 1. The van der Waals surface area contributed by atoms with E-state index in [2.05, 4.69) is 30.0 Å². The molecule has 2 aromatic rings. The van der Waals surface area contributed by atoms with E-state index in [-0.39, 0.29) is 10.6 Å². The van der Waals surface area contributed by atoms with E-state index >= 15 is 0 Å². The fraction of sp³-hybridized carbons (Fsp3) is 0.235. The van der Waals surface area contributed by atoms with Crippen LogP contribution in [0.25, 0.3) is 0 Å². The van der Waals surface area contributed by atoms with Crippen molar-refractivity contribution in [2.24, 2.45) is 0 Å². The minimum absolute atomic E-state index is 0.140. The standard InChI is InChI=1S/C17H16ClNO2/c1-11-4-7-16-12(9-11)3-2-8-19(16)13-5-6-14(17(20)21)15(18)10-13/h4-7,9-10H,2-3,8H2,1H3,(H,20,21). The lowest BCUT2D eigenvalue weighted by Crippen LogP contribution is -2.24. The summed E-state index contributed by atoms with van der Waals surface area (Å²) in [4.78, 5) is 13.3. The molecule has 0 saturated heterocycles. The molecule has 1 aliphatic rings. The minimum atomic E-state index is -0.999. The van der Waals surface area contributed by atoms with Crippen molar-refractivity contribution in [2.45, 2.75) is 19.8 Å². The van der Waals surface area contributed by atoms with Crippen LogP contribution in [0.4, 0.5) is 11.4 Å². The Bertz CT molecular complexity index is 712. The van der Waals surface area contributed by atoms with Crippen LogP contribution in [0.15, 0.2) is 36.4 Å². The third-order valence-electron chi connectivity index (χ3n) is 3.85. The molecule has 0 aromatic heterocycles. The van der Waals surface area contributed by atoms with Gasteiger partial charge >= 0.3 is 5.97 Å². The molecule has 0 fully saturated rings. The minimum Gasteiger partial charge on any atom is -0.478 e. The van der Waals surface area contributed by atoms with Gasteiger partial charge in [0.2, 0.25) is 0 Å². The van der Waals surface area contributed by atoms with E-state index in [0.717, 1.165) is 25.1 Å². The van der Waals surface area contributed by atoms with Crippen LogP contribution < -0.4 is 4.90 Å². The second-order valence-electron chi connectivity index (χ2n) is 5.36. The number of halogens is 1. The number of nitrogens with zero attached hydrogens (tertiary/aromatic N) is 1. The van der Waals surface area contributed by atoms with E-state index in [1.807, 2.05) is 6.07 Å². The van der Waals surface area contributed by atoms with Gasteiger partial charge in [-0.25, -0.2) is 4.79 Å². The van der Waals surface area contributed by atoms with E-state index in [1.165, 1.54) is 16.8 Å². The normalized spacial score (nSPS) is 13.9. The monoisotopic (exact) mass is 301 g/mol. The van der Waals surface area contributed by atoms with Gasteiger partial charge in [0.15, 0.2) is 0 Å². The molecule has 2 aromatic carbocycles. The number of aromatic carboxylic acids is 1. The molecule has 1 aliphatic heterocycles. The number of benzene rings is 2. The maximum absolute atomic E-state index is 11.0. The molecule has 1 N–H and O–H groups in total. The maximum Gasteiger partial charge on any atom is 0.337 e. The predicted molar refractivity (Wildman–Crippen MR) is 84.9 cm³/mol. The topological polar surface area (TPSA) is 40.5 Å². The Morgan fingerprint density at radius 3 is 2.76 bits per heavy atom. The van der Waals surface area contributed by atoms with Gasteiger partial charge in [0, 0.05) is 17.9 Å². The van der Waals surface area contributed by atoms with Crippen LogP contribution in [0.3, 0.4) is 0 Å². The number of rotatable bonds is 2. The molecule has 0 unspecified atom stereocenters. The van der Waals surface area contributed by atoms with Gasteiger partial charge in [-0.1, -0.05) is 29.3 Å². The summed E-state index contributed by atoms with van der Waals surface area (Å²) < 4.78 is 0. The van der Waals surface area contributed by atoms with Crippen LogP contribution in [-0.4, -0.2) is 17.6 Å². The molecule has 3 nitrogen and oxygen atoms in total. The highest BCUT2D eigenvalue weighted by Crippen LogP contribution is 2.35. The lowest BCUT2D eigenvalue weighted by molar-refractivity contribution is 0.0697. The van der Waals surface area contributed by atoms with Gasteiger partial charge in [0.25, 0.3) is 0 Å². The van der Waals surface area contributed by atoms with Crippen molar-refractivity contribution in [3.63, 3.8) is 0 Å². The summed E-state index contributed by atoms with van der Waals surface area (Å²) in [6.07, 6.45) is 2.16. The van der Waals surface area contributed by atoms with Crippen LogP contribution in [0.2, 0.25) is 5.02 Å². The van der Waals surface area contributed by atoms with Crippen molar-refractivity contribution in [1.82, 2.24) is 0 Å². The number of aryl methyl sites for hydroxylation is 2. The fourth-order valence-electron chi connectivity index (χ4n) is 2.84. The largest absolute Gasteiger partial charge is 0.478 e. The fourth-order valence-corrected chi connectivity index (χ4v) is 3.10. The number of carboxylic acids is 1. The van der Waals surface area contributed by atoms with Crippen molar-refractivity contribution in [1.29, 1.82) is 0 Å². The quantitative estimate of drug-likeness (QED) is 0.892. The first kappa shape index (κ1) is 14.0. The highest BCUT2D eigenvalue weighted by atomic mass is 35.5. The predicted octanol–water partition coefficient (Wildman–Crippen LogP) is 4.43. The van der Waals surface area contributed by atoms with E-state index < -0.39 is 5.97 Å². The van der Waals surface area contributed by atoms with Gasteiger partial charge < -0.3 is 10.0 Å². The first-order chi connectivity index (χ1) is 10.1. The van der Waals surface area contributed by atoms with Crippen LogP contribution in [-0.2, 0) is 6.42 Å². The van der Waals surface area contributed by atoms with Gasteiger partial charge in [-0.2, -0.15) is 0 Å². The van der Waals surface area contributed by atoms with Gasteiger partial charge in [-0.15, -0.1) is 0 Å².